The quantitative estimate of drug-likeness (QED) is 0.532. The van der Waals surface area contributed by atoms with E-state index in [1.54, 1.807) is 0 Å². The summed E-state index contributed by atoms with van der Waals surface area (Å²) < 4.78 is 0. The molecule has 2 N–H and O–H groups in total. The Morgan fingerprint density at radius 2 is 1.38 bits per heavy atom. The van der Waals surface area contributed by atoms with Crippen LogP contribution >= 0.6 is 0 Å². The second kappa shape index (κ2) is 16.7. The highest BCUT2D eigenvalue weighted by Gasteiger charge is 2.03. The number of allylic oxidation sites excluding steroid dienone is 3. The van der Waals surface area contributed by atoms with E-state index in [1.165, 1.54) is 30.4 Å². The standard InChI is InChI=1S/C7H13N.C4H8.2C2H6.H2/c1-6-4-2-3-5-7(6)8;1-4(2)3;2*1-2;/h2-5,8H2,1H3;1H2,2-3H3;2*1-2H3;1H. The lowest BCUT2D eigenvalue weighted by molar-refractivity contribution is 0.667. The number of nitrogens with two attached hydrogens (primary N) is 1. The molecule has 0 bridgehead atoms. The van der Waals surface area contributed by atoms with Crippen molar-refractivity contribution in [2.45, 2.75) is 74.1 Å². The average Bonchev–Trinajstić information content (AvgIpc) is 2.27. The van der Waals surface area contributed by atoms with E-state index in [9.17, 15) is 0 Å². The Hall–Kier alpha value is -0.720. The normalized spacial score (nSPS) is 13.2. The Kier molecular flexibility index (Phi) is 21.6. The van der Waals surface area contributed by atoms with Crippen molar-refractivity contribution in [3.8, 4) is 0 Å². The molecule has 16 heavy (non-hydrogen) atoms. The van der Waals surface area contributed by atoms with Gasteiger partial charge in [-0.05, 0) is 46.5 Å². The molecule has 100 valence electrons. The summed E-state index contributed by atoms with van der Waals surface area (Å²) in [5.74, 6) is 0. The van der Waals surface area contributed by atoms with E-state index in [0.717, 1.165) is 12.1 Å². The first-order valence-corrected chi connectivity index (χ1v) is 6.60. The van der Waals surface area contributed by atoms with Crippen molar-refractivity contribution >= 4 is 0 Å². The molecule has 0 aromatic carbocycles. The minimum atomic E-state index is 0. The number of hydrogen-bond donors (Lipinski definition) is 1. The molecule has 0 aromatic heterocycles. The number of rotatable bonds is 0. The molecule has 0 aromatic rings. The average molecular weight is 229 g/mol. The summed E-state index contributed by atoms with van der Waals surface area (Å²) in [5.41, 5.74) is 9.37. The molecule has 0 saturated heterocycles. The molecular formula is C15H35N. The second-order valence-electron chi connectivity index (χ2n) is 3.72. The van der Waals surface area contributed by atoms with Crippen molar-refractivity contribution in [1.82, 2.24) is 0 Å². The topological polar surface area (TPSA) is 26.0 Å². The Morgan fingerprint density at radius 3 is 1.56 bits per heavy atom. The molecule has 0 fully saturated rings. The minimum absolute atomic E-state index is 0. The van der Waals surface area contributed by atoms with Crippen molar-refractivity contribution < 1.29 is 1.43 Å². The monoisotopic (exact) mass is 229 g/mol. The highest BCUT2D eigenvalue weighted by Crippen LogP contribution is 2.19. The van der Waals surface area contributed by atoms with Crippen LogP contribution in [0.3, 0.4) is 0 Å². The fraction of sp³-hybridized carbons (Fsp3) is 0.733. The third-order valence-electron chi connectivity index (χ3n) is 1.80. The Balaban J connectivity index is -0.0000000814. The summed E-state index contributed by atoms with van der Waals surface area (Å²) in [6, 6.07) is 0. The zero-order valence-electron chi connectivity index (χ0n) is 12.6. The van der Waals surface area contributed by atoms with Crippen LogP contribution in [-0.4, -0.2) is 0 Å². The third-order valence-corrected chi connectivity index (χ3v) is 1.80. The fourth-order valence-electron chi connectivity index (χ4n) is 1.08. The molecule has 1 heteroatoms. The van der Waals surface area contributed by atoms with Gasteiger partial charge in [-0.25, -0.2) is 0 Å². The largest absolute Gasteiger partial charge is 0.402 e. The van der Waals surface area contributed by atoms with Crippen LogP contribution in [0.1, 0.15) is 75.6 Å². The first-order valence-electron chi connectivity index (χ1n) is 6.60. The van der Waals surface area contributed by atoms with Crippen LogP contribution in [-0.2, 0) is 0 Å². The van der Waals surface area contributed by atoms with Gasteiger partial charge in [0.25, 0.3) is 0 Å². The first-order chi connectivity index (χ1) is 7.54. The molecule has 1 nitrogen and oxygen atoms in total. The van der Waals surface area contributed by atoms with Gasteiger partial charge in [0, 0.05) is 7.12 Å². The summed E-state index contributed by atoms with van der Waals surface area (Å²) in [6.07, 6.45) is 4.99. The summed E-state index contributed by atoms with van der Waals surface area (Å²) in [5, 5.41) is 0. The van der Waals surface area contributed by atoms with Gasteiger partial charge < -0.3 is 5.73 Å². The van der Waals surface area contributed by atoms with Crippen molar-refractivity contribution in [3.05, 3.63) is 23.4 Å². The van der Waals surface area contributed by atoms with Crippen molar-refractivity contribution in [1.29, 1.82) is 0 Å². The molecule has 0 saturated carbocycles. The van der Waals surface area contributed by atoms with E-state index in [0.29, 0.717) is 0 Å². The van der Waals surface area contributed by atoms with Gasteiger partial charge in [0.2, 0.25) is 0 Å². The van der Waals surface area contributed by atoms with E-state index < -0.39 is 0 Å². The van der Waals surface area contributed by atoms with E-state index in [-0.39, 0.29) is 1.43 Å². The second-order valence-corrected chi connectivity index (χ2v) is 3.72. The maximum atomic E-state index is 5.66. The molecular weight excluding hydrogens is 194 g/mol. The highest BCUT2D eigenvalue weighted by molar-refractivity contribution is 5.10. The van der Waals surface area contributed by atoms with E-state index in [1.807, 2.05) is 41.5 Å². The Bertz CT molecular complexity index is 165. The van der Waals surface area contributed by atoms with Crippen LogP contribution in [0.5, 0.6) is 0 Å². The summed E-state index contributed by atoms with van der Waals surface area (Å²) in [6.45, 7) is 17.6. The van der Waals surface area contributed by atoms with Gasteiger partial charge in [-0.1, -0.05) is 38.8 Å². The molecule has 0 aliphatic heterocycles. The highest BCUT2D eigenvalue weighted by atomic mass is 14.6. The zero-order chi connectivity index (χ0) is 13.6. The minimum Gasteiger partial charge on any atom is -0.402 e. The van der Waals surface area contributed by atoms with Gasteiger partial charge in [-0.15, -0.1) is 6.58 Å². The van der Waals surface area contributed by atoms with Gasteiger partial charge in [0.1, 0.15) is 0 Å². The van der Waals surface area contributed by atoms with Gasteiger partial charge in [-0.2, -0.15) is 0 Å². The van der Waals surface area contributed by atoms with Gasteiger partial charge in [-0.3, -0.25) is 0 Å². The molecule has 0 radical (unpaired) electrons. The van der Waals surface area contributed by atoms with Gasteiger partial charge in [0.15, 0.2) is 0 Å². The number of hydrogen-bond acceptors (Lipinski definition) is 1. The van der Waals surface area contributed by atoms with Crippen LogP contribution in [0.2, 0.25) is 0 Å². The predicted molar refractivity (Wildman–Crippen MR) is 80.7 cm³/mol. The maximum Gasteiger partial charge on any atom is 0.00695 e. The van der Waals surface area contributed by atoms with Crippen LogP contribution < -0.4 is 5.73 Å². The molecule has 0 heterocycles. The smallest absolute Gasteiger partial charge is 0.00695 e. The zero-order valence-corrected chi connectivity index (χ0v) is 12.6. The van der Waals surface area contributed by atoms with Crippen molar-refractivity contribution in [2.75, 3.05) is 0 Å². The third kappa shape index (κ3) is 18.9. The van der Waals surface area contributed by atoms with Crippen molar-refractivity contribution in [2.24, 2.45) is 5.73 Å². The van der Waals surface area contributed by atoms with E-state index in [4.69, 9.17) is 5.73 Å². The van der Waals surface area contributed by atoms with Gasteiger partial charge in [0.05, 0.1) is 0 Å². The van der Waals surface area contributed by atoms with Crippen LogP contribution in [0.25, 0.3) is 0 Å². The fourth-order valence-corrected chi connectivity index (χ4v) is 1.08. The molecule has 0 atom stereocenters. The SMILES string of the molecule is C=C(C)C.CC.CC.CC1=C(N)CCCC1.[HH]. The Labute approximate surface area is 105 Å². The summed E-state index contributed by atoms with van der Waals surface area (Å²) in [7, 11) is 0. The first kappa shape index (κ1) is 20.7. The molecule has 1 aliphatic carbocycles. The Morgan fingerprint density at radius 1 is 1.06 bits per heavy atom. The van der Waals surface area contributed by atoms with E-state index in [2.05, 4.69) is 13.5 Å². The predicted octanol–water partition coefficient (Wildman–Crippen LogP) is 5.67. The molecule has 1 rings (SSSR count). The van der Waals surface area contributed by atoms with E-state index >= 15 is 0 Å². The van der Waals surface area contributed by atoms with Crippen LogP contribution in [0.15, 0.2) is 23.4 Å². The maximum absolute atomic E-state index is 5.66. The van der Waals surface area contributed by atoms with Gasteiger partial charge >= 0.3 is 0 Å². The van der Waals surface area contributed by atoms with Crippen molar-refractivity contribution in [3.63, 3.8) is 0 Å². The summed E-state index contributed by atoms with van der Waals surface area (Å²) in [4.78, 5) is 0. The molecule has 1 aliphatic rings. The van der Waals surface area contributed by atoms with Crippen LogP contribution in [0.4, 0.5) is 0 Å². The lowest BCUT2D eigenvalue weighted by Gasteiger charge is -2.12. The van der Waals surface area contributed by atoms with Crippen LogP contribution in [0, 0.1) is 0 Å². The molecule has 0 unspecified atom stereocenters. The molecule has 0 spiro atoms. The lowest BCUT2D eigenvalue weighted by atomic mass is 9.98. The molecule has 0 amide bonds. The lowest BCUT2D eigenvalue weighted by Crippen LogP contribution is -2.05. The summed E-state index contributed by atoms with van der Waals surface area (Å²) >= 11 is 0.